The molecule has 5 atom stereocenters. The topological polar surface area (TPSA) is 127 Å². The van der Waals surface area contributed by atoms with Crippen LogP contribution in [0.3, 0.4) is 0 Å². The second kappa shape index (κ2) is 6.38. The van der Waals surface area contributed by atoms with Crippen LogP contribution < -0.4 is 0 Å². The summed E-state index contributed by atoms with van der Waals surface area (Å²) < 4.78 is 4.95. The molecule has 0 unspecified atom stereocenters. The smallest absolute Gasteiger partial charge is 0.316 e. The minimum atomic E-state index is -2.06. The zero-order valence-electron chi connectivity index (χ0n) is 10.8. The Kier molecular flexibility index (Phi) is 5.60. The molecule has 0 amide bonds. The van der Waals surface area contributed by atoms with Gasteiger partial charge < -0.3 is 30.3 Å². The molecule has 7 nitrogen and oxygen atoms in total. The van der Waals surface area contributed by atoms with E-state index in [0.29, 0.717) is 0 Å². The number of carbonyl (C=O) groups is 1. The average molecular weight is 296 g/mol. The van der Waals surface area contributed by atoms with Gasteiger partial charge in [-0.25, -0.2) is 0 Å². The van der Waals surface area contributed by atoms with E-state index in [1.54, 1.807) is 13.8 Å². The number of carboxylic acids is 1. The van der Waals surface area contributed by atoms with Crippen LogP contribution in [0.1, 0.15) is 13.8 Å². The highest BCUT2D eigenvalue weighted by molar-refractivity contribution is 8.00. The van der Waals surface area contributed by atoms with Crippen molar-refractivity contribution in [3.63, 3.8) is 0 Å². The second-order valence-corrected chi connectivity index (χ2v) is 6.10. The van der Waals surface area contributed by atoms with E-state index >= 15 is 0 Å². The minimum Gasteiger partial charge on any atom is -0.480 e. The summed E-state index contributed by atoms with van der Waals surface area (Å²) in [6.07, 6.45) is -4.49. The first-order valence-electron chi connectivity index (χ1n) is 5.94. The van der Waals surface area contributed by atoms with E-state index < -0.39 is 35.3 Å². The van der Waals surface area contributed by atoms with Crippen molar-refractivity contribution in [2.24, 2.45) is 5.92 Å². The highest BCUT2D eigenvalue weighted by Gasteiger charge is 2.48. The van der Waals surface area contributed by atoms with Crippen LogP contribution in [0.4, 0.5) is 0 Å². The van der Waals surface area contributed by atoms with Crippen molar-refractivity contribution in [2.45, 2.75) is 43.2 Å². The van der Waals surface area contributed by atoms with Crippen LogP contribution in [-0.4, -0.2) is 73.2 Å². The second-order valence-electron chi connectivity index (χ2n) is 4.97. The summed E-state index contributed by atoms with van der Waals surface area (Å²) in [5, 5.41) is 46.8. The van der Waals surface area contributed by atoms with Gasteiger partial charge >= 0.3 is 5.97 Å². The normalized spacial score (nSPS) is 37.3. The van der Waals surface area contributed by atoms with Crippen LogP contribution in [0, 0.1) is 5.92 Å². The van der Waals surface area contributed by atoms with Gasteiger partial charge in [0.15, 0.2) is 0 Å². The number of aliphatic hydroxyl groups excluding tert-OH is 3. The molecule has 0 saturated carbocycles. The van der Waals surface area contributed by atoms with E-state index in [0.717, 1.165) is 11.8 Å². The predicted octanol–water partition coefficient (Wildman–Crippen LogP) is -1.37. The molecule has 1 aliphatic rings. The lowest BCUT2D eigenvalue weighted by Crippen LogP contribution is -2.62. The maximum atomic E-state index is 11.0. The lowest BCUT2D eigenvalue weighted by Gasteiger charge is -2.41. The van der Waals surface area contributed by atoms with Gasteiger partial charge in [0.25, 0.3) is 0 Å². The standard InChI is InChI=1S/C11H20O7S/c1-5(2)8(10(15)16)19-4-11(17)9(14)7(13)6(12)3-18-11/h5-9,12-14,17H,3-4H2,1-2H3,(H,15,16)/t6-,7-,8+,9+,11-/m1/s1. The highest BCUT2D eigenvalue weighted by Crippen LogP contribution is 2.31. The van der Waals surface area contributed by atoms with Crippen LogP contribution in [0.15, 0.2) is 0 Å². The summed E-state index contributed by atoms with van der Waals surface area (Å²) in [5.74, 6) is -3.46. The van der Waals surface area contributed by atoms with Crippen molar-refractivity contribution < 1.29 is 35.1 Å². The van der Waals surface area contributed by atoms with Gasteiger partial charge in [-0.1, -0.05) is 13.8 Å². The maximum absolute atomic E-state index is 11.0. The molecule has 0 radical (unpaired) electrons. The quantitative estimate of drug-likeness (QED) is 0.420. The van der Waals surface area contributed by atoms with Crippen molar-refractivity contribution in [1.29, 1.82) is 0 Å². The van der Waals surface area contributed by atoms with Gasteiger partial charge in [0.05, 0.1) is 12.4 Å². The summed E-state index contributed by atoms with van der Waals surface area (Å²) in [4.78, 5) is 11.0. The Morgan fingerprint density at radius 3 is 2.47 bits per heavy atom. The molecular formula is C11H20O7S. The van der Waals surface area contributed by atoms with Crippen molar-refractivity contribution >= 4 is 17.7 Å². The number of aliphatic carboxylic acids is 1. The van der Waals surface area contributed by atoms with E-state index in [4.69, 9.17) is 9.84 Å². The van der Waals surface area contributed by atoms with Crippen LogP contribution in [-0.2, 0) is 9.53 Å². The number of aliphatic hydroxyl groups is 4. The van der Waals surface area contributed by atoms with Gasteiger partial charge in [-0.05, 0) is 5.92 Å². The Bertz CT molecular complexity index is 324. The third-order valence-electron chi connectivity index (χ3n) is 3.00. The number of thioether (sulfide) groups is 1. The number of rotatable bonds is 5. The number of hydrogen-bond acceptors (Lipinski definition) is 7. The van der Waals surface area contributed by atoms with Gasteiger partial charge in [-0.15, -0.1) is 11.8 Å². The van der Waals surface area contributed by atoms with Crippen LogP contribution >= 0.6 is 11.8 Å². The predicted molar refractivity (Wildman–Crippen MR) is 67.6 cm³/mol. The first-order chi connectivity index (χ1) is 8.69. The molecule has 8 heteroatoms. The van der Waals surface area contributed by atoms with Crippen molar-refractivity contribution in [2.75, 3.05) is 12.4 Å². The maximum Gasteiger partial charge on any atom is 0.316 e. The Labute approximate surface area is 115 Å². The highest BCUT2D eigenvalue weighted by atomic mass is 32.2. The van der Waals surface area contributed by atoms with Gasteiger partial charge in [0.1, 0.15) is 23.6 Å². The molecule has 1 heterocycles. The molecule has 1 aliphatic heterocycles. The molecular weight excluding hydrogens is 276 g/mol. The molecule has 1 fully saturated rings. The zero-order chi connectivity index (χ0) is 14.8. The Balaban J connectivity index is 2.67. The van der Waals surface area contributed by atoms with E-state index in [1.807, 2.05) is 0 Å². The molecule has 1 saturated heterocycles. The molecule has 0 aromatic rings. The van der Waals surface area contributed by atoms with Crippen molar-refractivity contribution in [3.05, 3.63) is 0 Å². The SMILES string of the molecule is CC(C)[C@H](SC[C@@]1(O)OC[C@@H](O)[C@@H](O)[C@@H]1O)C(=O)O. The largest absolute Gasteiger partial charge is 0.480 e. The van der Waals surface area contributed by atoms with Crippen molar-refractivity contribution in [3.8, 4) is 0 Å². The monoisotopic (exact) mass is 296 g/mol. The van der Waals surface area contributed by atoms with E-state index in [1.165, 1.54) is 0 Å². The summed E-state index contributed by atoms with van der Waals surface area (Å²) in [6, 6.07) is 0. The van der Waals surface area contributed by atoms with E-state index in [-0.39, 0.29) is 18.3 Å². The lowest BCUT2D eigenvalue weighted by molar-refractivity contribution is -0.309. The molecule has 1 rings (SSSR count). The van der Waals surface area contributed by atoms with Gasteiger partial charge in [0, 0.05) is 0 Å². The third-order valence-corrected chi connectivity index (χ3v) is 4.69. The Morgan fingerprint density at radius 2 is 2.00 bits per heavy atom. The summed E-state index contributed by atoms with van der Waals surface area (Å²) in [5.41, 5.74) is 0. The fourth-order valence-corrected chi connectivity index (χ4v) is 2.98. The van der Waals surface area contributed by atoms with E-state index in [9.17, 15) is 25.2 Å². The minimum absolute atomic E-state index is 0.164. The molecule has 0 bridgehead atoms. The average Bonchev–Trinajstić information content (AvgIpc) is 2.31. The van der Waals surface area contributed by atoms with Gasteiger partial charge in [-0.2, -0.15) is 0 Å². The lowest BCUT2D eigenvalue weighted by atomic mass is 9.98. The van der Waals surface area contributed by atoms with Crippen LogP contribution in [0.25, 0.3) is 0 Å². The molecule has 19 heavy (non-hydrogen) atoms. The van der Waals surface area contributed by atoms with Crippen molar-refractivity contribution in [1.82, 2.24) is 0 Å². The van der Waals surface area contributed by atoms with E-state index in [2.05, 4.69) is 0 Å². The number of ether oxygens (including phenoxy) is 1. The Morgan fingerprint density at radius 1 is 1.42 bits per heavy atom. The molecule has 0 aliphatic carbocycles. The first kappa shape index (κ1) is 16.7. The third kappa shape index (κ3) is 3.80. The fourth-order valence-electron chi connectivity index (χ4n) is 1.78. The molecule has 0 aromatic carbocycles. The van der Waals surface area contributed by atoms with Gasteiger partial charge in [-0.3, -0.25) is 4.79 Å². The van der Waals surface area contributed by atoms with Gasteiger partial charge in [0.2, 0.25) is 5.79 Å². The van der Waals surface area contributed by atoms with Crippen LogP contribution in [0.5, 0.6) is 0 Å². The Hall–Kier alpha value is -0.380. The summed E-state index contributed by atoms with van der Waals surface area (Å²) in [7, 11) is 0. The molecule has 0 aromatic heterocycles. The molecule has 0 spiro atoms. The number of carboxylic acid groups (broad SMARTS) is 1. The molecule has 5 N–H and O–H groups in total. The van der Waals surface area contributed by atoms with Crippen LogP contribution in [0.2, 0.25) is 0 Å². The first-order valence-corrected chi connectivity index (χ1v) is 6.99. The summed E-state index contributed by atoms with van der Waals surface area (Å²) in [6.45, 7) is 3.13. The summed E-state index contributed by atoms with van der Waals surface area (Å²) >= 11 is 0.923. The zero-order valence-corrected chi connectivity index (χ0v) is 11.6. The molecule has 112 valence electrons. The fraction of sp³-hybridized carbons (Fsp3) is 0.909. The number of hydrogen-bond donors (Lipinski definition) is 5.